The zero-order chi connectivity index (χ0) is 37.5. The van der Waals surface area contributed by atoms with Crippen LogP contribution in [-0.4, -0.2) is 78.1 Å². The van der Waals surface area contributed by atoms with Gasteiger partial charge in [0.25, 0.3) is 0 Å². The maximum atomic E-state index is 6.95. The summed E-state index contributed by atoms with van der Waals surface area (Å²) in [7, 11) is -2.17. The SMILES string of the molecule is CCOOCCCCCCCCCCC[Si](C)(C)O[Si](C)(C)CCCCCCCC[SiH2]O[Si](C)(C)CCCCCCCC[Si](OC)(OC)OC. The number of hydrogen-bond acceptors (Lipinski definition) is 7. The van der Waals surface area contributed by atoms with Crippen LogP contribution in [0, 0.1) is 0 Å². The van der Waals surface area contributed by atoms with E-state index < -0.39 is 33.8 Å². The maximum absolute atomic E-state index is 6.95. The molecule has 0 saturated carbocycles. The van der Waals surface area contributed by atoms with Crippen LogP contribution in [0.4, 0.5) is 0 Å². The highest BCUT2D eigenvalue weighted by molar-refractivity contribution is 6.84. The van der Waals surface area contributed by atoms with Gasteiger partial charge in [-0.25, -0.2) is 9.78 Å². The second-order valence-corrected chi connectivity index (χ2v) is 34.8. The molecule has 0 atom stereocenters. The van der Waals surface area contributed by atoms with Gasteiger partial charge in [0.2, 0.25) is 0 Å². The van der Waals surface area contributed by atoms with Gasteiger partial charge < -0.3 is 21.5 Å². The molecule has 0 bridgehead atoms. The molecule has 302 valence electrons. The van der Waals surface area contributed by atoms with Gasteiger partial charge in [-0.2, -0.15) is 0 Å². The van der Waals surface area contributed by atoms with Crippen LogP contribution in [0.5, 0.6) is 0 Å². The highest BCUT2D eigenvalue weighted by Crippen LogP contribution is 2.26. The summed E-state index contributed by atoms with van der Waals surface area (Å²) in [6.07, 6.45) is 27.9. The Kier molecular flexibility index (Phi) is 32.6. The fourth-order valence-electron chi connectivity index (χ4n) is 7.05. The van der Waals surface area contributed by atoms with Crippen molar-refractivity contribution in [2.24, 2.45) is 0 Å². The van der Waals surface area contributed by atoms with Gasteiger partial charge in [-0.05, 0) is 83.2 Å². The molecule has 0 aliphatic carbocycles. The van der Waals surface area contributed by atoms with Crippen LogP contribution in [0.15, 0.2) is 0 Å². The fourth-order valence-corrected chi connectivity index (χ4v) is 22.9. The van der Waals surface area contributed by atoms with E-state index in [4.69, 9.17) is 31.3 Å². The van der Waals surface area contributed by atoms with Crippen molar-refractivity contribution in [2.75, 3.05) is 34.5 Å². The minimum absolute atomic E-state index is 0.346. The first-order valence-corrected chi connectivity index (χ1v) is 34.0. The quantitative estimate of drug-likeness (QED) is 0.0266. The van der Waals surface area contributed by atoms with E-state index in [2.05, 4.69) is 39.3 Å². The topological polar surface area (TPSA) is 64.6 Å². The van der Waals surface area contributed by atoms with Gasteiger partial charge in [-0.15, -0.1) is 0 Å². The van der Waals surface area contributed by atoms with E-state index >= 15 is 0 Å². The zero-order valence-corrected chi connectivity index (χ0v) is 40.8. The van der Waals surface area contributed by atoms with E-state index in [1.54, 1.807) is 21.3 Å². The Labute approximate surface area is 319 Å². The van der Waals surface area contributed by atoms with Crippen molar-refractivity contribution in [3.8, 4) is 0 Å². The van der Waals surface area contributed by atoms with Crippen LogP contribution < -0.4 is 0 Å². The lowest BCUT2D eigenvalue weighted by Gasteiger charge is -2.34. The average Bonchev–Trinajstić information content (AvgIpc) is 3.06. The summed E-state index contributed by atoms with van der Waals surface area (Å²) in [5.74, 6) is 0. The molecule has 0 aromatic heterocycles. The molecule has 0 saturated heterocycles. The standard InChI is InChI=1S/C38H88O7Si5/c1-11-42-43-33-27-21-15-13-12-14-17-24-30-36-48(7,8)45-49(9,10)37-31-25-18-16-22-28-34-46-44-47(5,6)35-29-23-19-20-26-32-38-50(39-2,40-3)41-4/h11-38,46H2,1-10H3. The monoisotopic (exact) mass is 797 g/mol. The third-order valence-electron chi connectivity index (χ3n) is 10.1. The number of rotatable bonds is 39. The van der Waals surface area contributed by atoms with E-state index in [1.165, 1.54) is 146 Å². The molecule has 0 unspecified atom stereocenters. The maximum Gasteiger partial charge on any atom is 0.500 e. The largest absolute Gasteiger partial charge is 0.500 e. The van der Waals surface area contributed by atoms with E-state index in [0.29, 0.717) is 6.61 Å². The van der Waals surface area contributed by atoms with Crippen LogP contribution >= 0.6 is 0 Å². The Morgan fingerprint density at radius 2 is 0.760 bits per heavy atom. The molecule has 0 aliphatic rings. The lowest BCUT2D eigenvalue weighted by atomic mass is 10.1. The van der Waals surface area contributed by atoms with Crippen molar-refractivity contribution in [2.45, 2.75) is 211 Å². The normalized spacial score (nSPS) is 13.3. The predicted octanol–water partition coefficient (Wildman–Crippen LogP) is 12.2. The molecule has 0 aromatic rings. The molecule has 50 heavy (non-hydrogen) atoms. The van der Waals surface area contributed by atoms with Crippen molar-refractivity contribution in [3.63, 3.8) is 0 Å². The molecule has 12 heteroatoms. The van der Waals surface area contributed by atoms with E-state index in [9.17, 15) is 0 Å². The lowest BCUT2D eigenvalue weighted by molar-refractivity contribution is -0.291. The Balaban J connectivity index is 3.71. The van der Waals surface area contributed by atoms with E-state index in [1.807, 2.05) is 6.92 Å². The molecule has 7 nitrogen and oxygen atoms in total. The Morgan fingerprint density at radius 1 is 0.400 bits per heavy atom. The molecule has 0 amide bonds. The van der Waals surface area contributed by atoms with Crippen LogP contribution in [0.2, 0.25) is 69.5 Å². The number of unbranched alkanes of at least 4 members (excludes halogenated alkanes) is 18. The Bertz CT molecular complexity index is 734. The van der Waals surface area contributed by atoms with Crippen molar-refractivity contribution in [3.05, 3.63) is 0 Å². The van der Waals surface area contributed by atoms with Crippen molar-refractivity contribution in [1.29, 1.82) is 0 Å². The van der Waals surface area contributed by atoms with Gasteiger partial charge >= 0.3 is 8.80 Å². The lowest BCUT2D eigenvalue weighted by Crippen LogP contribution is -2.44. The third-order valence-corrected chi connectivity index (χ3v) is 26.8. The van der Waals surface area contributed by atoms with Gasteiger partial charge in [0.15, 0.2) is 25.0 Å². The highest BCUT2D eigenvalue weighted by Gasteiger charge is 2.36. The van der Waals surface area contributed by atoms with E-state index in [0.717, 1.165) is 25.5 Å². The van der Waals surface area contributed by atoms with Crippen LogP contribution in [-0.2, 0) is 31.3 Å². The predicted molar refractivity (Wildman–Crippen MR) is 229 cm³/mol. The first kappa shape index (κ1) is 50.8. The smallest absolute Gasteiger partial charge is 0.460 e. The van der Waals surface area contributed by atoms with Crippen molar-refractivity contribution < 1.29 is 31.3 Å². The third kappa shape index (κ3) is 31.2. The first-order valence-electron chi connectivity index (χ1n) is 21.1. The van der Waals surface area contributed by atoms with Crippen LogP contribution in [0.25, 0.3) is 0 Å². The summed E-state index contributed by atoms with van der Waals surface area (Å²) in [5.41, 5.74) is 0. The molecule has 0 aliphatic heterocycles. The molecule has 0 rings (SSSR count). The summed E-state index contributed by atoms with van der Waals surface area (Å²) < 4.78 is 30.1. The van der Waals surface area contributed by atoms with Crippen molar-refractivity contribution >= 4 is 43.5 Å². The second-order valence-electron chi connectivity index (χ2n) is 16.5. The average molecular weight is 798 g/mol. The number of hydrogen-bond donors (Lipinski definition) is 0. The Morgan fingerprint density at radius 3 is 1.18 bits per heavy atom. The zero-order valence-electron chi connectivity index (χ0n) is 35.4. The van der Waals surface area contributed by atoms with Crippen molar-refractivity contribution in [1.82, 2.24) is 0 Å². The molecule has 0 heterocycles. The molecule has 0 fully saturated rings. The minimum atomic E-state index is -2.38. The van der Waals surface area contributed by atoms with Gasteiger partial charge in [-0.1, -0.05) is 122 Å². The molecule has 0 radical (unpaired) electrons. The first-order chi connectivity index (χ1) is 23.9. The summed E-state index contributed by atoms with van der Waals surface area (Å²) in [6.45, 7) is 18.1. The van der Waals surface area contributed by atoms with Crippen LogP contribution in [0.3, 0.4) is 0 Å². The second kappa shape index (κ2) is 32.1. The summed E-state index contributed by atoms with van der Waals surface area (Å²) >= 11 is 0. The molecule has 0 N–H and O–H groups in total. The summed E-state index contributed by atoms with van der Waals surface area (Å²) in [5, 5.41) is 0. The summed E-state index contributed by atoms with van der Waals surface area (Å²) in [6, 6.07) is 6.27. The van der Waals surface area contributed by atoms with Gasteiger partial charge in [0.05, 0.1) is 13.2 Å². The van der Waals surface area contributed by atoms with E-state index in [-0.39, 0.29) is 9.76 Å². The van der Waals surface area contributed by atoms with Gasteiger partial charge in [0, 0.05) is 27.4 Å². The Hall–Kier alpha value is 0.804. The van der Waals surface area contributed by atoms with Gasteiger partial charge in [-0.3, -0.25) is 0 Å². The molecule has 0 aromatic carbocycles. The van der Waals surface area contributed by atoms with Gasteiger partial charge in [0.1, 0.15) is 9.76 Å². The summed E-state index contributed by atoms with van der Waals surface area (Å²) in [4.78, 5) is 10.0. The highest BCUT2D eigenvalue weighted by atomic mass is 28.4. The molecular formula is C38H88O7Si5. The molecular weight excluding hydrogens is 709 g/mol. The minimum Gasteiger partial charge on any atom is -0.460 e. The molecule has 0 spiro atoms. The fraction of sp³-hybridized carbons (Fsp3) is 1.00. The van der Waals surface area contributed by atoms with Crippen LogP contribution in [0.1, 0.15) is 142 Å².